The molecule has 0 spiro atoms. The van der Waals surface area contributed by atoms with Crippen LogP contribution < -0.4 is 29.6 Å². The van der Waals surface area contributed by atoms with Gasteiger partial charge in [0.1, 0.15) is 6.26 Å². The van der Waals surface area contributed by atoms with E-state index >= 15 is 0 Å². The molecule has 1 rings (SSSR count). The van der Waals surface area contributed by atoms with Crippen molar-refractivity contribution in [1.29, 1.82) is 0 Å². The SMILES string of the molecule is C1=COSN=C1.[H-].[Na+]. The molecule has 0 fully saturated rings. The van der Waals surface area contributed by atoms with Gasteiger partial charge in [0.25, 0.3) is 0 Å². The van der Waals surface area contributed by atoms with Crippen LogP contribution in [0.5, 0.6) is 0 Å². The molecule has 0 aromatic carbocycles. The van der Waals surface area contributed by atoms with Crippen LogP contribution >= 0.6 is 12.2 Å². The molecule has 0 unspecified atom stereocenters. The first-order valence-electron chi connectivity index (χ1n) is 1.51. The zero-order chi connectivity index (χ0) is 4.24. The Kier molecular flexibility index (Phi) is 5.09. The maximum absolute atomic E-state index is 4.61. The number of hydrogen-bond acceptors (Lipinski definition) is 3. The molecule has 4 heteroatoms. The van der Waals surface area contributed by atoms with Crippen molar-refractivity contribution in [1.82, 2.24) is 0 Å². The average Bonchev–Trinajstić information content (AvgIpc) is 1.72. The Hall–Kier alpha value is 0.560. The number of nitrogens with zero attached hydrogens (tertiary/aromatic N) is 1. The molecule has 0 aliphatic carbocycles. The summed E-state index contributed by atoms with van der Waals surface area (Å²) in [6.45, 7) is 0. The molecule has 0 saturated carbocycles. The molecular weight excluding hydrogens is 121 g/mol. The molecule has 0 amide bonds. The fourth-order valence-electron chi connectivity index (χ4n) is 0.177. The Bertz CT molecular complexity index is 85.3. The van der Waals surface area contributed by atoms with Gasteiger partial charge in [-0.2, -0.15) is 4.40 Å². The second kappa shape index (κ2) is 4.71. The van der Waals surface area contributed by atoms with E-state index < -0.39 is 0 Å². The van der Waals surface area contributed by atoms with Crippen molar-refractivity contribution in [3.05, 3.63) is 12.3 Å². The minimum Gasteiger partial charge on any atom is -1.00 e. The standard InChI is InChI=1S/C3H3NOS.Na.H/c1-2-4-6-5-3-1;;/h1-3H;;/q;+1;-1. The van der Waals surface area contributed by atoms with E-state index in [1.54, 1.807) is 18.6 Å². The fraction of sp³-hybridized carbons (Fsp3) is 0. The summed E-state index contributed by atoms with van der Waals surface area (Å²) in [5.74, 6) is 0. The van der Waals surface area contributed by atoms with Gasteiger partial charge in [-0.3, -0.25) is 0 Å². The van der Waals surface area contributed by atoms with E-state index in [-0.39, 0.29) is 31.0 Å². The average molecular weight is 125 g/mol. The van der Waals surface area contributed by atoms with Gasteiger partial charge in [0.15, 0.2) is 0 Å². The molecule has 0 bridgehead atoms. The predicted octanol–water partition coefficient (Wildman–Crippen LogP) is -1.72. The number of rotatable bonds is 0. The Morgan fingerprint density at radius 3 is 2.71 bits per heavy atom. The molecule has 1 aliphatic rings. The maximum Gasteiger partial charge on any atom is 1.00 e. The van der Waals surface area contributed by atoms with Crippen molar-refractivity contribution in [2.45, 2.75) is 0 Å². The van der Waals surface area contributed by atoms with Crippen molar-refractivity contribution < 1.29 is 35.2 Å². The van der Waals surface area contributed by atoms with E-state index in [9.17, 15) is 0 Å². The van der Waals surface area contributed by atoms with Gasteiger partial charge in [0.05, 0.1) is 0 Å². The van der Waals surface area contributed by atoms with Crippen molar-refractivity contribution in [2.75, 3.05) is 0 Å². The van der Waals surface area contributed by atoms with Crippen LogP contribution in [0.25, 0.3) is 0 Å². The predicted molar refractivity (Wildman–Crippen MR) is 27.4 cm³/mol. The zero-order valence-corrected chi connectivity index (χ0v) is 6.81. The third kappa shape index (κ3) is 3.17. The largest absolute Gasteiger partial charge is 1.00 e. The first-order valence-corrected chi connectivity index (χ1v) is 2.21. The molecule has 7 heavy (non-hydrogen) atoms. The third-order valence-corrected chi connectivity index (χ3v) is 0.772. The van der Waals surface area contributed by atoms with Gasteiger partial charge < -0.3 is 5.61 Å². The van der Waals surface area contributed by atoms with Crippen LogP contribution in [0.15, 0.2) is 16.7 Å². The zero-order valence-electron chi connectivity index (χ0n) is 5.00. The smallest absolute Gasteiger partial charge is 1.00 e. The third-order valence-electron chi connectivity index (χ3n) is 0.367. The molecule has 1 aliphatic heterocycles. The van der Waals surface area contributed by atoms with Crippen LogP contribution in [0, 0.1) is 0 Å². The first kappa shape index (κ1) is 7.56. The normalized spacial score (nSPS) is 14.9. The van der Waals surface area contributed by atoms with Crippen molar-refractivity contribution in [3.8, 4) is 0 Å². The van der Waals surface area contributed by atoms with Crippen LogP contribution in [0.3, 0.4) is 0 Å². The summed E-state index contributed by atoms with van der Waals surface area (Å²) >= 11 is 1.08. The monoisotopic (exact) mass is 125 g/mol. The summed E-state index contributed by atoms with van der Waals surface area (Å²) in [7, 11) is 0. The van der Waals surface area contributed by atoms with Gasteiger partial charge in [-0.15, -0.1) is 0 Å². The van der Waals surface area contributed by atoms with Crippen LogP contribution in [-0.2, 0) is 4.18 Å². The molecular formula is C3H4NNaOS. The number of allylic oxidation sites excluding steroid dienone is 1. The van der Waals surface area contributed by atoms with Gasteiger partial charge in [-0.05, 0) is 6.08 Å². The molecule has 0 saturated heterocycles. The molecule has 0 aromatic heterocycles. The van der Waals surface area contributed by atoms with Gasteiger partial charge in [0, 0.05) is 6.21 Å². The van der Waals surface area contributed by atoms with Gasteiger partial charge in [0.2, 0.25) is 12.2 Å². The summed E-state index contributed by atoms with van der Waals surface area (Å²) in [4.78, 5) is 0. The van der Waals surface area contributed by atoms with Gasteiger partial charge in [-0.25, -0.2) is 0 Å². The summed E-state index contributed by atoms with van der Waals surface area (Å²) in [5, 5.41) is 0. The summed E-state index contributed by atoms with van der Waals surface area (Å²) in [6.07, 6.45) is 4.99. The first-order chi connectivity index (χ1) is 3.00. The van der Waals surface area contributed by atoms with Crippen LogP contribution in [0.2, 0.25) is 0 Å². The summed E-state index contributed by atoms with van der Waals surface area (Å²) in [6, 6.07) is 0. The Morgan fingerprint density at radius 1 is 1.71 bits per heavy atom. The molecule has 1 heterocycles. The molecule has 0 N–H and O–H groups in total. The number of hydrogen-bond donors (Lipinski definition) is 0. The van der Waals surface area contributed by atoms with Crippen molar-refractivity contribution in [3.63, 3.8) is 0 Å². The second-order valence-corrected chi connectivity index (χ2v) is 1.31. The summed E-state index contributed by atoms with van der Waals surface area (Å²) in [5.41, 5.74) is 0. The molecule has 34 valence electrons. The van der Waals surface area contributed by atoms with Crippen LogP contribution in [-0.4, -0.2) is 6.21 Å². The molecule has 0 aromatic rings. The minimum absolute atomic E-state index is 0. The maximum atomic E-state index is 4.61. The molecule has 2 nitrogen and oxygen atoms in total. The van der Waals surface area contributed by atoms with Crippen LogP contribution in [0.1, 0.15) is 1.43 Å². The van der Waals surface area contributed by atoms with E-state index in [0.717, 1.165) is 12.2 Å². The van der Waals surface area contributed by atoms with E-state index in [1.165, 1.54) is 0 Å². The minimum atomic E-state index is 0. The van der Waals surface area contributed by atoms with E-state index in [2.05, 4.69) is 8.58 Å². The van der Waals surface area contributed by atoms with Gasteiger partial charge >= 0.3 is 29.6 Å². The Balaban J connectivity index is 0. The summed E-state index contributed by atoms with van der Waals surface area (Å²) < 4.78 is 8.27. The Labute approximate surface area is 70.1 Å². The Morgan fingerprint density at radius 2 is 2.57 bits per heavy atom. The van der Waals surface area contributed by atoms with Crippen LogP contribution in [0.4, 0.5) is 0 Å². The molecule has 0 radical (unpaired) electrons. The van der Waals surface area contributed by atoms with E-state index in [1.807, 2.05) is 0 Å². The molecule has 0 atom stereocenters. The fourth-order valence-corrected chi connectivity index (χ4v) is 0.460. The second-order valence-electron chi connectivity index (χ2n) is 0.754. The van der Waals surface area contributed by atoms with Crippen molar-refractivity contribution in [2.24, 2.45) is 4.40 Å². The van der Waals surface area contributed by atoms with Gasteiger partial charge in [-0.1, -0.05) is 0 Å². The topological polar surface area (TPSA) is 21.6 Å². The van der Waals surface area contributed by atoms with Crippen molar-refractivity contribution >= 4 is 18.4 Å². The van der Waals surface area contributed by atoms with E-state index in [0.29, 0.717) is 0 Å². The van der Waals surface area contributed by atoms with E-state index in [4.69, 9.17) is 0 Å². The quantitative estimate of drug-likeness (QED) is 0.218.